The second-order valence-electron chi connectivity index (χ2n) is 4.95. The van der Waals surface area contributed by atoms with Gasteiger partial charge in [-0.2, -0.15) is 5.10 Å². The second-order valence-corrected chi connectivity index (χ2v) is 4.95. The van der Waals surface area contributed by atoms with E-state index in [1.54, 1.807) is 18.2 Å². The summed E-state index contributed by atoms with van der Waals surface area (Å²) in [4.78, 5) is 23.7. The molecule has 0 unspecified atom stereocenters. The molecule has 1 aliphatic heterocycles. The Morgan fingerprint density at radius 1 is 1.08 bits per heavy atom. The molecule has 0 atom stereocenters. The molecule has 0 saturated heterocycles. The van der Waals surface area contributed by atoms with E-state index in [2.05, 4.69) is 15.8 Å². The molecule has 0 radical (unpaired) electrons. The van der Waals surface area contributed by atoms with E-state index in [1.807, 2.05) is 30.3 Å². The summed E-state index contributed by atoms with van der Waals surface area (Å²) < 4.78 is 10.4. The standard InChI is InChI=1S/C17H15N3O4/c21-16(20-19-9-12-4-2-1-3-5-12)10-18-17(22)13-6-7-14-15(8-13)24-11-23-14/h1-9H,10-11H2,(H,18,22)(H,20,21). The molecule has 2 aromatic carbocycles. The van der Waals surface area contributed by atoms with Crippen molar-refractivity contribution in [2.75, 3.05) is 13.3 Å². The van der Waals surface area contributed by atoms with Crippen molar-refractivity contribution < 1.29 is 19.1 Å². The number of carbonyl (C=O) groups is 2. The average molecular weight is 325 g/mol. The van der Waals surface area contributed by atoms with Crippen LogP contribution in [0.15, 0.2) is 53.6 Å². The molecule has 0 aliphatic carbocycles. The van der Waals surface area contributed by atoms with Gasteiger partial charge in [-0.05, 0) is 23.8 Å². The van der Waals surface area contributed by atoms with Gasteiger partial charge in [-0.25, -0.2) is 5.43 Å². The van der Waals surface area contributed by atoms with Crippen LogP contribution in [0.5, 0.6) is 11.5 Å². The minimum atomic E-state index is -0.420. The number of hydrazone groups is 1. The van der Waals surface area contributed by atoms with E-state index < -0.39 is 5.91 Å². The number of nitrogens with one attached hydrogen (secondary N) is 2. The van der Waals surface area contributed by atoms with Gasteiger partial charge in [-0.15, -0.1) is 0 Å². The zero-order valence-corrected chi connectivity index (χ0v) is 12.7. The first-order valence-corrected chi connectivity index (χ1v) is 7.27. The van der Waals surface area contributed by atoms with E-state index >= 15 is 0 Å². The van der Waals surface area contributed by atoms with Crippen molar-refractivity contribution in [2.45, 2.75) is 0 Å². The third kappa shape index (κ3) is 3.89. The summed E-state index contributed by atoms with van der Waals surface area (Å²) in [7, 11) is 0. The molecule has 2 aromatic rings. The van der Waals surface area contributed by atoms with Gasteiger partial charge in [0.2, 0.25) is 6.79 Å². The molecule has 122 valence electrons. The SMILES string of the molecule is O=C(CNC(=O)c1ccc2c(c1)OCO2)NN=Cc1ccccc1. The Balaban J connectivity index is 1.47. The number of ether oxygens (including phenoxy) is 2. The van der Waals surface area contributed by atoms with Crippen molar-refractivity contribution in [1.29, 1.82) is 0 Å². The van der Waals surface area contributed by atoms with Crippen LogP contribution in [0, 0.1) is 0 Å². The Morgan fingerprint density at radius 3 is 2.71 bits per heavy atom. The monoisotopic (exact) mass is 325 g/mol. The third-order valence-electron chi connectivity index (χ3n) is 3.25. The number of carbonyl (C=O) groups excluding carboxylic acids is 2. The van der Waals surface area contributed by atoms with Crippen LogP contribution in [0.25, 0.3) is 0 Å². The fraction of sp³-hybridized carbons (Fsp3) is 0.118. The van der Waals surface area contributed by atoms with Crippen LogP contribution in [0.3, 0.4) is 0 Å². The molecule has 2 amide bonds. The molecule has 2 N–H and O–H groups in total. The molecule has 0 fully saturated rings. The van der Waals surface area contributed by atoms with Gasteiger partial charge in [0.15, 0.2) is 11.5 Å². The lowest BCUT2D eigenvalue weighted by Gasteiger charge is -2.05. The van der Waals surface area contributed by atoms with Crippen LogP contribution in [0.4, 0.5) is 0 Å². The van der Waals surface area contributed by atoms with Crippen molar-refractivity contribution in [3.63, 3.8) is 0 Å². The predicted octanol–water partition coefficient (Wildman–Crippen LogP) is 1.30. The zero-order chi connectivity index (χ0) is 16.8. The Labute approximate surface area is 138 Å². The van der Waals surface area contributed by atoms with Gasteiger partial charge >= 0.3 is 0 Å². The quantitative estimate of drug-likeness (QED) is 0.640. The molecule has 0 bridgehead atoms. The van der Waals surface area contributed by atoms with Crippen molar-refractivity contribution in [3.8, 4) is 11.5 Å². The highest BCUT2D eigenvalue weighted by molar-refractivity contribution is 5.97. The summed E-state index contributed by atoms with van der Waals surface area (Å²) >= 11 is 0. The smallest absolute Gasteiger partial charge is 0.259 e. The molecule has 0 saturated carbocycles. The Kier molecular flexibility index (Phi) is 4.71. The molecule has 7 nitrogen and oxygen atoms in total. The highest BCUT2D eigenvalue weighted by atomic mass is 16.7. The van der Waals surface area contributed by atoms with Gasteiger partial charge in [-0.3, -0.25) is 9.59 Å². The maximum absolute atomic E-state index is 12.0. The lowest BCUT2D eigenvalue weighted by Crippen LogP contribution is -2.34. The number of benzene rings is 2. The van der Waals surface area contributed by atoms with Gasteiger partial charge in [0.1, 0.15) is 0 Å². The van der Waals surface area contributed by atoms with Crippen LogP contribution in [0.1, 0.15) is 15.9 Å². The van der Waals surface area contributed by atoms with Gasteiger partial charge in [0.25, 0.3) is 11.8 Å². The zero-order valence-electron chi connectivity index (χ0n) is 12.7. The van der Waals surface area contributed by atoms with Crippen LogP contribution in [-0.2, 0) is 4.79 Å². The van der Waals surface area contributed by atoms with Gasteiger partial charge in [0, 0.05) is 5.56 Å². The largest absolute Gasteiger partial charge is 0.454 e. The Bertz CT molecular complexity index is 775. The van der Waals surface area contributed by atoms with Crippen molar-refractivity contribution in [1.82, 2.24) is 10.7 Å². The fourth-order valence-corrected chi connectivity index (χ4v) is 2.06. The molecule has 1 aliphatic rings. The van der Waals surface area contributed by atoms with Gasteiger partial charge in [0.05, 0.1) is 12.8 Å². The van der Waals surface area contributed by atoms with Crippen LogP contribution in [-0.4, -0.2) is 31.4 Å². The minimum absolute atomic E-state index is 0.141. The van der Waals surface area contributed by atoms with Crippen LogP contribution in [0.2, 0.25) is 0 Å². The third-order valence-corrected chi connectivity index (χ3v) is 3.25. The fourth-order valence-electron chi connectivity index (χ4n) is 2.06. The molecule has 7 heteroatoms. The molecule has 24 heavy (non-hydrogen) atoms. The van der Waals surface area contributed by atoms with E-state index in [4.69, 9.17) is 9.47 Å². The average Bonchev–Trinajstić information content (AvgIpc) is 3.08. The maximum atomic E-state index is 12.0. The summed E-state index contributed by atoms with van der Waals surface area (Å²) in [6.07, 6.45) is 1.53. The lowest BCUT2D eigenvalue weighted by atomic mass is 10.2. The molecular weight excluding hydrogens is 310 g/mol. The normalized spacial score (nSPS) is 12.2. The van der Waals surface area contributed by atoms with E-state index in [-0.39, 0.29) is 19.2 Å². The topological polar surface area (TPSA) is 89.0 Å². The first kappa shape index (κ1) is 15.5. The van der Waals surface area contributed by atoms with Gasteiger partial charge < -0.3 is 14.8 Å². The van der Waals surface area contributed by atoms with E-state index in [0.717, 1.165) is 5.56 Å². The van der Waals surface area contributed by atoms with Crippen molar-refractivity contribution >= 4 is 18.0 Å². The summed E-state index contributed by atoms with van der Waals surface area (Å²) in [5, 5.41) is 6.34. The molecule has 0 aromatic heterocycles. The number of fused-ring (bicyclic) bond motifs is 1. The molecule has 1 heterocycles. The highest BCUT2D eigenvalue weighted by Gasteiger charge is 2.16. The predicted molar refractivity (Wildman–Crippen MR) is 87.1 cm³/mol. The number of hydrogen-bond donors (Lipinski definition) is 2. The first-order valence-electron chi connectivity index (χ1n) is 7.27. The molecule has 0 spiro atoms. The lowest BCUT2D eigenvalue weighted by molar-refractivity contribution is -0.120. The number of nitrogens with zero attached hydrogens (tertiary/aromatic N) is 1. The number of rotatable bonds is 5. The number of hydrogen-bond acceptors (Lipinski definition) is 5. The van der Waals surface area contributed by atoms with Crippen molar-refractivity contribution in [2.24, 2.45) is 5.10 Å². The van der Waals surface area contributed by atoms with Crippen molar-refractivity contribution in [3.05, 3.63) is 59.7 Å². The first-order chi connectivity index (χ1) is 11.7. The Hall–Kier alpha value is -3.35. The molecule has 3 rings (SSSR count). The highest BCUT2D eigenvalue weighted by Crippen LogP contribution is 2.32. The van der Waals surface area contributed by atoms with E-state index in [1.165, 1.54) is 6.21 Å². The summed E-state index contributed by atoms with van der Waals surface area (Å²) in [6, 6.07) is 14.2. The maximum Gasteiger partial charge on any atom is 0.259 e. The molecular formula is C17H15N3O4. The number of amides is 2. The van der Waals surface area contributed by atoms with E-state index in [0.29, 0.717) is 17.1 Å². The Morgan fingerprint density at radius 2 is 1.88 bits per heavy atom. The summed E-state index contributed by atoms with van der Waals surface area (Å²) in [5.74, 6) is 0.311. The summed E-state index contributed by atoms with van der Waals surface area (Å²) in [6.45, 7) is -0.0400. The van der Waals surface area contributed by atoms with E-state index in [9.17, 15) is 9.59 Å². The van der Waals surface area contributed by atoms with Gasteiger partial charge in [-0.1, -0.05) is 30.3 Å². The second kappa shape index (κ2) is 7.28. The van der Waals surface area contributed by atoms with Crippen LogP contribution < -0.4 is 20.2 Å². The minimum Gasteiger partial charge on any atom is -0.454 e. The summed E-state index contributed by atoms with van der Waals surface area (Å²) in [5.41, 5.74) is 3.60. The van der Waals surface area contributed by atoms with Crippen LogP contribution >= 0.6 is 0 Å².